The molecule has 0 aliphatic heterocycles. The number of rotatable bonds is 6. The molecule has 0 aliphatic rings. The van der Waals surface area contributed by atoms with Gasteiger partial charge in [-0.05, 0) is 12.1 Å². The summed E-state index contributed by atoms with van der Waals surface area (Å²) in [6.45, 7) is 1.43. The fraction of sp³-hybridized carbons (Fsp3) is 0.429. The van der Waals surface area contributed by atoms with Gasteiger partial charge < -0.3 is 20.0 Å². The Morgan fingerprint density at radius 2 is 2.29 bits per heavy atom. The van der Waals surface area contributed by atoms with E-state index in [1.165, 1.54) is 0 Å². The molecule has 0 saturated heterocycles. The van der Waals surface area contributed by atoms with E-state index in [1.54, 1.807) is 24.6 Å². The van der Waals surface area contributed by atoms with Crippen molar-refractivity contribution in [3.05, 3.63) is 35.2 Å². The highest BCUT2D eigenvalue weighted by Gasteiger charge is 2.05. The van der Waals surface area contributed by atoms with Crippen molar-refractivity contribution < 1.29 is 4.42 Å². The maximum atomic E-state index is 5.29. The summed E-state index contributed by atoms with van der Waals surface area (Å²) < 4.78 is 5.29. The predicted octanol–water partition coefficient (Wildman–Crippen LogP) is 1.71. The first-order chi connectivity index (χ1) is 10.2. The average molecular weight is 307 g/mol. The normalized spacial score (nSPS) is 11.5. The lowest BCUT2D eigenvalue weighted by atomic mass is 10.3. The zero-order valence-electron chi connectivity index (χ0n) is 12.6. The number of furan rings is 1. The topological polar surface area (TPSA) is 65.7 Å². The molecular formula is C14H21N5OS. The molecular weight excluding hydrogens is 286 g/mol. The third-order valence-electron chi connectivity index (χ3n) is 2.83. The molecule has 2 aromatic rings. The average Bonchev–Trinajstić information content (AvgIpc) is 3.13. The lowest BCUT2D eigenvalue weighted by molar-refractivity contribution is 0.507. The van der Waals surface area contributed by atoms with Crippen LogP contribution in [0.2, 0.25) is 0 Å². The number of guanidine groups is 1. The van der Waals surface area contributed by atoms with Gasteiger partial charge in [-0.2, -0.15) is 0 Å². The van der Waals surface area contributed by atoms with E-state index in [0.29, 0.717) is 6.54 Å². The van der Waals surface area contributed by atoms with Crippen LogP contribution < -0.4 is 15.5 Å². The van der Waals surface area contributed by atoms with Crippen molar-refractivity contribution in [1.29, 1.82) is 0 Å². The maximum Gasteiger partial charge on any atom is 0.191 e. The SMILES string of the molecule is CN=C(NCCc1ccco1)NCc1csc(N(C)C)n1. The Morgan fingerprint density at radius 1 is 1.43 bits per heavy atom. The van der Waals surface area contributed by atoms with Gasteiger partial charge in [-0.15, -0.1) is 11.3 Å². The molecule has 7 heteroatoms. The van der Waals surface area contributed by atoms with Crippen LogP contribution in [0.25, 0.3) is 0 Å². The molecule has 0 aliphatic carbocycles. The molecule has 114 valence electrons. The molecule has 0 radical (unpaired) electrons. The Kier molecular flexibility index (Phi) is 5.62. The number of thiazole rings is 1. The number of anilines is 1. The molecule has 0 spiro atoms. The van der Waals surface area contributed by atoms with Crippen LogP contribution in [0.3, 0.4) is 0 Å². The molecule has 21 heavy (non-hydrogen) atoms. The third-order valence-corrected chi connectivity index (χ3v) is 3.88. The fourth-order valence-corrected chi connectivity index (χ4v) is 2.49. The Balaban J connectivity index is 1.74. The van der Waals surface area contributed by atoms with Gasteiger partial charge in [0.15, 0.2) is 11.1 Å². The summed E-state index contributed by atoms with van der Waals surface area (Å²) in [7, 11) is 5.74. The number of hydrogen-bond acceptors (Lipinski definition) is 5. The van der Waals surface area contributed by atoms with Gasteiger partial charge in [0, 0.05) is 39.5 Å². The second-order valence-corrected chi connectivity index (χ2v) is 5.53. The Bertz CT molecular complexity index is 562. The molecule has 0 saturated carbocycles. The van der Waals surface area contributed by atoms with Crippen LogP contribution in [0, 0.1) is 0 Å². The van der Waals surface area contributed by atoms with E-state index in [2.05, 4.69) is 26.0 Å². The minimum Gasteiger partial charge on any atom is -0.469 e. The van der Waals surface area contributed by atoms with Crippen LogP contribution in [0.5, 0.6) is 0 Å². The minimum absolute atomic E-state index is 0.658. The van der Waals surface area contributed by atoms with Crippen LogP contribution in [0.1, 0.15) is 11.5 Å². The Hall–Kier alpha value is -2.02. The van der Waals surface area contributed by atoms with Gasteiger partial charge in [0.2, 0.25) is 0 Å². The lowest BCUT2D eigenvalue weighted by Gasteiger charge is -2.10. The number of aromatic nitrogens is 1. The smallest absolute Gasteiger partial charge is 0.191 e. The largest absolute Gasteiger partial charge is 0.469 e. The summed E-state index contributed by atoms with van der Waals surface area (Å²) >= 11 is 1.64. The summed E-state index contributed by atoms with van der Waals surface area (Å²) in [6, 6.07) is 3.86. The van der Waals surface area contributed by atoms with Gasteiger partial charge in [-0.3, -0.25) is 4.99 Å². The van der Waals surface area contributed by atoms with Crippen LogP contribution in [0.4, 0.5) is 5.13 Å². The van der Waals surface area contributed by atoms with E-state index in [4.69, 9.17) is 4.42 Å². The summed E-state index contributed by atoms with van der Waals surface area (Å²) in [6.07, 6.45) is 2.52. The lowest BCUT2D eigenvalue weighted by Crippen LogP contribution is -2.37. The van der Waals surface area contributed by atoms with Crippen molar-refractivity contribution in [2.75, 3.05) is 32.6 Å². The van der Waals surface area contributed by atoms with E-state index >= 15 is 0 Å². The summed E-state index contributed by atoms with van der Waals surface area (Å²) in [4.78, 5) is 10.7. The van der Waals surface area contributed by atoms with Crippen molar-refractivity contribution in [3.8, 4) is 0 Å². The van der Waals surface area contributed by atoms with Crippen molar-refractivity contribution in [1.82, 2.24) is 15.6 Å². The molecule has 2 heterocycles. The van der Waals surface area contributed by atoms with Gasteiger partial charge in [0.1, 0.15) is 5.76 Å². The Labute approximate surface area is 128 Å². The number of hydrogen-bond donors (Lipinski definition) is 2. The van der Waals surface area contributed by atoms with Crippen LogP contribution in [-0.2, 0) is 13.0 Å². The summed E-state index contributed by atoms with van der Waals surface area (Å²) in [5.41, 5.74) is 1.01. The first-order valence-electron chi connectivity index (χ1n) is 6.77. The molecule has 0 aromatic carbocycles. The van der Waals surface area contributed by atoms with Crippen LogP contribution in [-0.4, -0.2) is 38.6 Å². The third kappa shape index (κ3) is 4.78. The maximum absolute atomic E-state index is 5.29. The van der Waals surface area contributed by atoms with E-state index < -0.39 is 0 Å². The van der Waals surface area contributed by atoms with Gasteiger partial charge in [-0.1, -0.05) is 0 Å². The molecule has 0 atom stereocenters. The second-order valence-electron chi connectivity index (χ2n) is 4.70. The summed E-state index contributed by atoms with van der Waals surface area (Å²) in [5.74, 6) is 1.73. The predicted molar refractivity (Wildman–Crippen MR) is 87.1 cm³/mol. The van der Waals surface area contributed by atoms with Gasteiger partial charge in [0.25, 0.3) is 0 Å². The zero-order chi connectivity index (χ0) is 15.1. The minimum atomic E-state index is 0.658. The van der Waals surface area contributed by atoms with E-state index in [0.717, 1.165) is 35.5 Å². The molecule has 6 nitrogen and oxygen atoms in total. The van der Waals surface area contributed by atoms with Gasteiger partial charge in [-0.25, -0.2) is 4.98 Å². The highest BCUT2D eigenvalue weighted by atomic mass is 32.1. The van der Waals surface area contributed by atoms with Crippen molar-refractivity contribution in [2.24, 2.45) is 4.99 Å². The molecule has 2 rings (SSSR count). The van der Waals surface area contributed by atoms with Gasteiger partial charge in [0.05, 0.1) is 18.5 Å². The molecule has 0 unspecified atom stereocenters. The number of nitrogens with zero attached hydrogens (tertiary/aromatic N) is 3. The monoisotopic (exact) mass is 307 g/mol. The van der Waals surface area contributed by atoms with Gasteiger partial charge >= 0.3 is 0 Å². The van der Waals surface area contributed by atoms with E-state index in [-0.39, 0.29) is 0 Å². The quantitative estimate of drug-likeness (QED) is 0.628. The van der Waals surface area contributed by atoms with Crippen molar-refractivity contribution in [3.63, 3.8) is 0 Å². The zero-order valence-corrected chi connectivity index (χ0v) is 13.4. The standard InChI is InChI=1S/C14H21N5OS/c1-15-13(16-7-6-12-5-4-8-20-12)17-9-11-10-21-14(18-11)19(2)3/h4-5,8,10H,6-7,9H2,1-3H3,(H2,15,16,17). The summed E-state index contributed by atoms with van der Waals surface area (Å²) in [5, 5.41) is 9.56. The fourth-order valence-electron chi connectivity index (χ4n) is 1.74. The Morgan fingerprint density at radius 3 is 2.90 bits per heavy atom. The van der Waals surface area contributed by atoms with Crippen molar-refractivity contribution in [2.45, 2.75) is 13.0 Å². The molecule has 2 N–H and O–H groups in total. The molecule has 0 bridgehead atoms. The highest BCUT2D eigenvalue weighted by molar-refractivity contribution is 7.13. The first kappa shape index (κ1) is 15.4. The second kappa shape index (κ2) is 7.68. The van der Waals surface area contributed by atoms with E-state index in [1.807, 2.05) is 31.1 Å². The van der Waals surface area contributed by atoms with Crippen molar-refractivity contribution >= 4 is 22.4 Å². The van der Waals surface area contributed by atoms with Crippen LogP contribution >= 0.6 is 11.3 Å². The number of aliphatic imine (C=N–C) groups is 1. The first-order valence-corrected chi connectivity index (χ1v) is 7.65. The highest BCUT2D eigenvalue weighted by Crippen LogP contribution is 2.17. The molecule has 2 aromatic heterocycles. The molecule has 0 fully saturated rings. The van der Waals surface area contributed by atoms with E-state index in [9.17, 15) is 0 Å². The van der Waals surface area contributed by atoms with Crippen LogP contribution in [0.15, 0.2) is 33.2 Å². The number of nitrogens with one attached hydrogen (secondary N) is 2. The molecule has 0 amide bonds.